The molecule has 3 N–H and O–H groups in total. The summed E-state index contributed by atoms with van der Waals surface area (Å²) in [6, 6.07) is -0.866. The number of carbonyl (C=O) groups excluding carboxylic acids is 1. The number of likely N-dealkylation sites (N-methyl/N-ethyl adjacent to an activating group) is 1. The Morgan fingerprint density at radius 2 is 0.910 bits per heavy atom. The summed E-state index contributed by atoms with van der Waals surface area (Å²) in [6.45, 7) is 4.67. The Bertz CT molecular complexity index is 1360. The van der Waals surface area contributed by atoms with E-state index in [4.69, 9.17) is 9.05 Å². The van der Waals surface area contributed by atoms with Gasteiger partial charge < -0.3 is 19.8 Å². The van der Waals surface area contributed by atoms with E-state index in [9.17, 15) is 19.4 Å². The number of aliphatic hydroxyl groups is 1. The lowest BCUT2D eigenvalue weighted by Crippen LogP contribution is -2.45. The largest absolute Gasteiger partial charge is 0.472 e. The summed E-state index contributed by atoms with van der Waals surface area (Å²) >= 11 is 0. The molecule has 0 aromatic carbocycles. The number of rotatable bonds is 49. The first-order chi connectivity index (χ1) is 32.5. The first kappa shape index (κ1) is 64.7. The molecule has 0 bridgehead atoms. The maximum atomic E-state index is 12.9. The van der Waals surface area contributed by atoms with Crippen molar-refractivity contribution in [2.24, 2.45) is 0 Å². The first-order valence-electron chi connectivity index (χ1n) is 27.5. The minimum absolute atomic E-state index is 0.0536. The molecule has 0 aliphatic carbocycles. The van der Waals surface area contributed by atoms with Crippen LogP contribution in [0.15, 0.2) is 85.1 Å². The summed E-state index contributed by atoms with van der Waals surface area (Å²) in [4.78, 5) is 23.2. The van der Waals surface area contributed by atoms with Gasteiger partial charge in [0, 0.05) is 6.42 Å². The summed E-state index contributed by atoms with van der Waals surface area (Å²) in [5, 5.41) is 13.9. The van der Waals surface area contributed by atoms with Crippen molar-refractivity contribution in [3.8, 4) is 0 Å². The van der Waals surface area contributed by atoms with Gasteiger partial charge in [-0.15, -0.1) is 0 Å². The van der Waals surface area contributed by atoms with Crippen LogP contribution in [0, 0.1) is 0 Å². The molecule has 0 aromatic rings. The van der Waals surface area contributed by atoms with Crippen LogP contribution in [0.4, 0.5) is 0 Å². The second-order valence-corrected chi connectivity index (χ2v) is 21.0. The summed E-state index contributed by atoms with van der Waals surface area (Å²) in [5.41, 5.74) is 0. The highest BCUT2D eigenvalue weighted by Gasteiger charge is 2.27. The number of nitrogens with one attached hydrogen (secondary N) is 1. The van der Waals surface area contributed by atoms with E-state index in [1.165, 1.54) is 135 Å². The van der Waals surface area contributed by atoms with Crippen LogP contribution in [0.3, 0.4) is 0 Å². The Labute approximate surface area is 414 Å². The Morgan fingerprint density at radius 1 is 0.522 bits per heavy atom. The van der Waals surface area contributed by atoms with Gasteiger partial charge in [0.25, 0.3) is 0 Å². The van der Waals surface area contributed by atoms with E-state index in [2.05, 4.69) is 92.1 Å². The highest BCUT2D eigenvalue weighted by molar-refractivity contribution is 7.47. The fourth-order valence-corrected chi connectivity index (χ4v) is 8.29. The van der Waals surface area contributed by atoms with Crippen LogP contribution in [0.1, 0.15) is 226 Å². The smallest absolute Gasteiger partial charge is 0.387 e. The first-order valence-corrected chi connectivity index (χ1v) is 29.0. The number of phosphoric acid groups is 1. The van der Waals surface area contributed by atoms with Crippen molar-refractivity contribution >= 4 is 13.7 Å². The molecule has 0 saturated carbocycles. The van der Waals surface area contributed by atoms with Crippen molar-refractivity contribution in [1.82, 2.24) is 5.32 Å². The normalized spacial score (nSPS) is 14.7. The SMILES string of the molecule is CC/C=C\C/C=C\C/C=C\C/C=C\C/C=C\CCCCCCCCCCCCCCCCCC(=O)NC(COP(=O)(O)OCC[N+](C)(C)C)C(O)/C=C/CC/C=C/CCCCCCCCCC. The van der Waals surface area contributed by atoms with Crippen LogP contribution in [-0.2, 0) is 18.4 Å². The molecule has 388 valence electrons. The average molecular weight is 958 g/mol. The van der Waals surface area contributed by atoms with Gasteiger partial charge >= 0.3 is 7.82 Å². The zero-order chi connectivity index (χ0) is 49.2. The minimum atomic E-state index is -4.35. The van der Waals surface area contributed by atoms with Crippen LogP contribution >= 0.6 is 7.82 Å². The molecule has 67 heavy (non-hydrogen) atoms. The fraction of sp³-hybridized carbons (Fsp3) is 0.741. The number of phosphoric ester groups is 1. The van der Waals surface area contributed by atoms with E-state index < -0.39 is 20.0 Å². The lowest BCUT2D eigenvalue weighted by molar-refractivity contribution is -0.870. The van der Waals surface area contributed by atoms with Crippen LogP contribution in [0.25, 0.3) is 0 Å². The number of aliphatic hydroxyl groups excluding tert-OH is 1. The Hall–Kier alpha value is -2.32. The standard InChI is InChI=1S/C58H105N2O6P/c1-6-8-10-12-14-16-18-20-22-23-24-25-26-27-28-29-30-31-32-33-34-35-36-37-38-40-42-44-46-48-50-52-58(62)59-56(55-66-67(63,64)65-54-53-60(3,4)5)57(61)51-49-47-45-43-41-39-21-19-17-15-13-11-9-7-2/h8,10,14,16,20,22,24-25,27-28,41,43,49,51,56-57,61H,6-7,9,11-13,15,17-19,21,23,26,29-40,42,44-48,50,52-55H2,1-5H3,(H-,59,62,63,64)/p+1/b10-8-,16-14-,22-20-,25-24-,28-27-,43-41+,51-49+. The number of hydrogen-bond acceptors (Lipinski definition) is 5. The van der Waals surface area contributed by atoms with E-state index >= 15 is 0 Å². The zero-order valence-corrected chi connectivity index (χ0v) is 45.0. The summed E-state index contributed by atoms with van der Waals surface area (Å²) in [6.07, 6.45) is 68.3. The number of hydrogen-bond donors (Lipinski definition) is 3. The van der Waals surface area contributed by atoms with E-state index in [0.717, 1.165) is 70.6 Å². The number of allylic oxidation sites excluding steroid dienone is 13. The molecule has 0 aliphatic rings. The van der Waals surface area contributed by atoms with Crippen molar-refractivity contribution in [2.75, 3.05) is 40.9 Å². The van der Waals surface area contributed by atoms with Crippen molar-refractivity contribution in [2.45, 2.75) is 238 Å². The van der Waals surface area contributed by atoms with Gasteiger partial charge in [0.1, 0.15) is 13.2 Å². The molecule has 0 aliphatic heterocycles. The molecule has 3 atom stereocenters. The van der Waals surface area contributed by atoms with Crippen molar-refractivity contribution in [1.29, 1.82) is 0 Å². The van der Waals surface area contributed by atoms with Gasteiger partial charge in [0.05, 0.1) is 39.9 Å². The number of quaternary nitrogens is 1. The predicted molar refractivity (Wildman–Crippen MR) is 290 cm³/mol. The second kappa shape index (κ2) is 48.7. The molecule has 3 unspecified atom stereocenters. The van der Waals surface area contributed by atoms with E-state index in [0.29, 0.717) is 17.4 Å². The third-order valence-corrected chi connectivity index (χ3v) is 12.8. The van der Waals surface area contributed by atoms with Gasteiger partial charge in [-0.2, -0.15) is 0 Å². The van der Waals surface area contributed by atoms with Crippen LogP contribution < -0.4 is 5.32 Å². The second-order valence-electron chi connectivity index (χ2n) is 19.6. The van der Waals surface area contributed by atoms with Crippen LogP contribution in [0.5, 0.6) is 0 Å². The molecule has 0 aromatic heterocycles. The van der Waals surface area contributed by atoms with E-state index in [1.807, 2.05) is 27.2 Å². The highest BCUT2D eigenvalue weighted by atomic mass is 31.2. The third-order valence-electron chi connectivity index (χ3n) is 11.8. The van der Waals surface area contributed by atoms with Crippen molar-refractivity contribution in [3.63, 3.8) is 0 Å². The predicted octanol–water partition coefficient (Wildman–Crippen LogP) is 16.5. The highest BCUT2D eigenvalue weighted by Crippen LogP contribution is 2.43. The molecular weight excluding hydrogens is 852 g/mol. The molecule has 0 rings (SSSR count). The van der Waals surface area contributed by atoms with E-state index in [1.54, 1.807) is 6.08 Å². The zero-order valence-electron chi connectivity index (χ0n) is 44.1. The maximum Gasteiger partial charge on any atom is 0.472 e. The molecule has 0 fully saturated rings. The minimum Gasteiger partial charge on any atom is -0.387 e. The van der Waals surface area contributed by atoms with Gasteiger partial charge in [-0.25, -0.2) is 4.57 Å². The average Bonchev–Trinajstić information content (AvgIpc) is 3.29. The molecule has 0 saturated heterocycles. The summed E-state index contributed by atoms with van der Waals surface area (Å²) < 4.78 is 23.6. The molecular formula is C58H106N2O6P+. The van der Waals surface area contributed by atoms with Crippen LogP contribution in [0.2, 0.25) is 0 Å². The molecule has 9 heteroatoms. The molecule has 8 nitrogen and oxygen atoms in total. The summed E-state index contributed by atoms with van der Waals surface area (Å²) in [5.74, 6) is -0.190. The van der Waals surface area contributed by atoms with Gasteiger partial charge in [-0.3, -0.25) is 13.8 Å². The Morgan fingerprint density at radius 3 is 1.37 bits per heavy atom. The lowest BCUT2D eigenvalue weighted by atomic mass is 10.0. The maximum absolute atomic E-state index is 12.9. The van der Waals surface area contributed by atoms with Crippen molar-refractivity contribution in [3.05, 3.63) is 85.1 Å². The van der Waals surface area contributed by atoms with Gasteiger partial charge in [0.15, 0.2) is 0 Å². The molecule has 0 spiro atoms. The Balaban J connectivity index is 4.15. The number of amides is 1. The van der Waals surface area contributed by atoms with Crippen molar-refractivity contribution < 1.29 is 32.9 Å². The Kier molecular flexibility index (Phi) is 47.0. The molecule has 0 heterocycles. The van der Waals surface area contributed by atoms with Crippen LogP contribution in [-0.4, -0.2) is 73.4 Å². The quantitative estimate of drug-likeness (QED) is 0.0243. The molecule has 0 radical (unpaired) electrons. The monoisotopic (exact) mass is 958 g/mol. The summed E-state index contributed by atoms with van der Waals surface area (Å²) in [7, 11) is 1.55. The topological polar surface area (TPSA) is 105 Å². The lowest BCUT2D eigenvalue weighted by Gasteiger charge is -2.25. The fourth-order valence-electron chi connectivity index (χ4n) is 7.55. The van der Waals surface area contributed by atoms with Gasteiger partial charge in [0.2, 0.25) is 5.91 Å². The third kappa shape index (κ3) is 51.4. The van der Waals surface area contributed by atoms with E-state index in [-0.39, 0.29) is 19.1 Å². The van der Waals surface area contributed by atoms with Gasteiger partial charge in [-0.05, 0) is 77.0 Å². The number of unbranched alkanes of at least 4 members (excludes halogenated alkanes) is 24. The van der Waals surface area contributed by atoms with Gasteiger partial charge in [-0.1, -0.05) is 227 Å². The number of carbonyl (C=O) groups is 1. The number of nitrogens with zero attached hydrogens (tertiary/aromatic N) is 1. The molecule has 1 amide bonds.